The van der Waals surface area contributed by atoms with E-state index < -0.39 is 17.9 Å². The highest BCUT2D eigenvalue weighted by Crippen LogP contribution is 2.33. The molecular weight excluding hydrogens is 435 g/mol. The van der Waals surface area contributed by atoms with Crippen LogP contribution in [-0.2, 0) is 17.8 Å². The van der Waals surface area contributed by atoms with Gasteiger partial charge in [0.1, 0.15) is 17.5 Å². The molecular formula is C25H29FN6O2. The molecule has 1 saturated heterocycles. The van der Waals surface area contributed by atoms with Gasteiger partial charge in [0.2, 0.25) is 5.91 Å². The van der Waals surface area contributed by atoms with Gasteiger partial charge in [0.15, 0.2) is 0 Å². The first-order valence-electron chi connectivity index (χ1n) is 11.3. The SMILES string of the molecule is NCc1ncccc1C(C(N)=O)c1ccc(N2CCC(O)C2)nc1NCCc1cccc(F)c1. The number of carbonyl (C=O) groups excluding carboxylic acids is 1. The number of benzene rings is 1. The molecule has 9 heteroatoms. The molecule has 2 atom stereocenters. The van der Waals surface area contributed by atoms with Crippen LogP contribution in [0.1, 0.15) is 34.7 Å². The Bertz CT molecular complexity index is 1160. The number of nitrogens with zero attached hydrogens (tertiary/aromatic N) is 3. The van der Waals surface area contributed by atoms with Crippen molar-refractivity contribution in [1.29, 1.82) is 0 Å². The Balaban J connectivity index is 1.68. The standard InChI is InChI=1S/C25H29FN6O2/c26-17-4-1-3-16(13-17)8-11-30-25-20(6-7-22(31-25)32-12-9-18(33)15-32)23(24(28)34)19-5-2-10-29-21(19)14-27/h1-7,10,13,18,23,33H,8-9,11-12,14-15,27H2,(H2,28,34)(H,30,31). The van der Waals surface area contributed by atoms with Crippen LogP contribution in [0, 0.1) is 5.82 Å². The maximum Gasteiger partial charge on any atom is 0.229 e. The van der Waals surface area contributed by atoms with Crippen molar-refractivity contribution >= 4 is 17.5 Å². The summed E-state index contributed by atoms with van der Waals surface area (Å²) in [6.45, 7) is 1.82. The number of pyridine rings is 2. The molecule has 1 fully saturated rings. The molecule has 4 rings (SSSR count). The predicted molar refractivity (Wildman–Crippen MR) is 129 cm³/mol. The summed E-state index contributed by atoms with van der Waals surface area (Å²) in [7, 11) is 0. The lowest BCUT2D eigenvalue weighted by Crippen LogP contribution is -2.27. The van der Waals surface area contributed by atoms with Crippen molar-refractivity contribution in [2.24, 2.45) is 11.5 Å². The van der Waals surface area contributed by atoms with Crippen LogP contribution in [0.25, 0.3) is 0 Å². The molecule has 3 aromatic rings. The first-order chi connectivity index (χ1) is 16.5. The Morgan fingerprint density at radius 2 is 2.09 bits per heavy atom. The Morgan fingerprint density at radius 3 is 2.79 bits per heavy atom. The van der Waals surface area contributed by atoms with Gasteiger partial charge in [0, 0.05) is 37.9 Å². The largest absolute Gasteiger partial charge is 0.391 e. The quantitative estimate of drug-likeness (QED) is 0.381. The summed E-state index contributed by atoms with van der Waals surface area (Å²) in [6, 6.07) is 13.6. The number of aromatic nitrogens is 2. The highest BCUT2D eigenvalue weighted by Gasteiger charge is 2.28. The molecule has 6 N–H and O–H groups in total. The van der Waals surface area contributed by atoms with E-state index in [0.717, 1.165) is 5.56 Å². The first kappa shape index (κ1) is 23.6. The number of hydrogen-bond donors (Lipinski definition) is 4. The third-order valence-corrected chi connectivity index (χ3v) is 6.02. The molecule has 3 heterocycles. The van der Waals surface area contributed by atoms with Gasteiger partial charge in [-0.1, -0.05) is 24.3 Å². The molecule has 0 bridgehead atoms. The molecule has 0 aliphatic carbocycles. The van der Waals surface area contributed by atoms with Crippen molar-refractivity contribution in [3.05, 3.63) is 82.9 Å². The summed E-state index contributed by atoms with van der Waals surface area (Å²) in [5, 5.41) is 13.3. The monoisotopic (exact) mass is 464 g/mol. The van der Waals surface area contributed by atoms with Crippen LogP contribution in [0.3, 0.4) is 0 Å². The van der Waals surface area contributed by atoms with Gasteiger partial charge in [-0.3, -0.25) is 9.78 Å². The number of halogens is 1. The van der Waals surface area contributed by atoms with E-state index >= 15 is 0 Å². The Kier molecular flexibility index (Phi) is 7.34. The minimum atomic E-state index is -0.797. The van der Waals surface area contributed by atoms with Crippen molar-refractivity contribution in [2.45, 2.75) is 31.4 Å². The highest BCUT2D eigenvalue weighted by atomic mass is 19.1. The number of aliphatic hydroxyl groups excluding tert-OH is 1. The van der Waals surface area contributed by atoms with Crippen molar-refractivity contribution in [2.75, 3.05) is 29.9 Å². The van der Waals surface area contributed by atoms with E-state index in [9.17, 15) is 14.3 Å². The molecule has 178 valence electrons. The summed E-state index contributed by atoms with van der Waals surface area (Å²) in [5.74, 6) is -0.421. The third-order valence-electron chi connectivity index (χ3n) is 6.02. The van der Waals surface area contributed by atoms with Crippen LogP contribution in [0.4, 0.5) is 16.0 Å². The summed E-state index contributed by atoms with van der Waals surface area (Å²) in [5.41, 5.74) is 14.4. The summed E-state index contributed by atoms with van der Waals surface area (Å²) < 4.78 is 13.6. The van der Waals surface area contributed by atoms with Crippen LogP contribution < -0.4 is 21.7 Å². The average Bonchev–Trinajstić information content (AvgIpc) is 3.26. The number of nitrogens with one attached hydrogen (secondary N) is 1. The predicted octanol–water partition coefficient (Wildman–Crippen LogP) is 1.92. The third kappa shape index (κ3) is 5.32. The number of β-amino-alcohol motifs (C(OH)–C–C–N with tert-alkyl or cyclic N) is 1. The van der Waals surface area contributed by atoms with Crippen LogP contribution in [0.2, 0.25) is 0 Å². The molecule has 1 amide bonds. The molecule has 0 spiro atoms. The zero-order chi connectivity index (χ0) is 24.1. The Morgan fingerprint density at radius 1 is 1.24 bits per heavy atom. The van der Waals surface area contributed by atoms with Gasteiger partial charge < -0.3 is 26.8 Å². The summed E-state index contributed by atoms with van der Waals surface area (Å²) in [4.78, 5) is 23.8. The van der Waals surface area contributed by atoms with Gasteiger partial charge >= 0.3 is 0 Å². The average molecular weight is 465 g/mol. The van der Waals surface area contributed by atoms with Gasteiger partial charge in [-0.15, -0.1) is 0 Å². The fourth-order valence-electron chi connectivity index (χ4n) is 4.34. The second-order valence-electron chi connectivity index (χ2n) is 8.38. The lowest BCUT2D eigenvalue weighted by Gasteiger charge is -2.23. The normalized spacial score (nSPS) is 16.4. The number of carbonyl (C=O) groups is 1. The number of hydrogen-bond acceptors (Lipinski definition) is 7. The zero-order valence-corrected chi connectivity index (χ0v) is 18.8. The molecule has 1 aliphatic rings. The molecule has 2 unspecified atom stereocenters. The van der Waals surface area contributed by atoms with Crippen LogP contribution in [0.5, 0.6) is 0 Å². The fraction of sp³-hybridized carbons (Fsp3) is 0.320. The summed E-state index contributed by atoms with van der Waals surface area (Å²) in [6.07, 6.45) is 2.47. The molecule has 0 saturated carbocycles. The minimum absolute atomic E-state index is 0.166. The number of rotatable bonds is 9. The van der Waals surface area contributed by atoms with E-state index in [1.807, 2.05) is 23.1 Å². The number of anilines is 2. The van der Waals surface area contributed by atoms with Gasteiger partial charge in [0.05, 0.1) is 17.7 Å². The van der Waals surface area contributed by atoms with E-state index in [0.29, 0.717) is 60.9 Å². The van der Waals surface area contributed by atoms with Gasteiger partial charge in [-0.25, -0.2) is 9.37 Å². The molecule has 1 aliphatic heterocycles. The van der Waals surface area contributed by atoms with Crippen molar-refractivity contribution < 1.29 is 14.3 Å². The van der Waals surface area contributed by atoms with Gasteiger partial charge in [0.25, 0.3) is 0 Å². The van der Waals surface area contributed by atoms with E-state index in [1.165, 1.54) is 12.1 Å². The Labute approximate surface area is 197 Å². The van der Waals surface area contributed by atoms with E-state index in [-0.39, 0.29) is 12.4 Å². The molecule has 1 aromatic carbocycles. The van der Waals surface area contributed by atoms with Crippen LogP contribution >= 0.6 is 0 Å². The lowest BCUT2D eigenvalue weighted by atomic mass is 9.89. The summed E-state index contributed by atoms with van der Waals surface area (Å²) >= 11 is 0. The van der Waals surface area contributed by atoms with Crippen molar-refractivity contribution in [1.82, 2.24) is 9.97 Å². The van der Waals surface area contributed by atoms with E-state index in [2.05, 4.69) is 10.3 Å². The molecule has 2 aromatic heterocycles. The van der Waals surface area contributed by atoms with Gasteiger partial charge in [-0.05, 0) is 48.2 Å². The number of aliphatic hydroxyl groups is 1. The van der Waals surface area contributed by atoms with Gasteiger partial charge in [-0.2, -0.15) is 0 Å². The fourth-order valence-corrected chi connectivity index (χ4v) is 4.34. The van der Waals surface area contributed by atoms with Crippen molar-refractivity contribution in [3.8, 4) is 0 Å². The number of primary amides is 1. The van der Waals surface area contributed by atoms with Crippen molar-refractivity contribution in [3.63, 3.8) is 0 Å². The zero-order valence-electron chi connectivity index (χ0n) is 18.8. The topological polar surface area (TPSA) is 130 Å². The lowest BCUT2D eigenvalue weighted by molar-refractivity contribution is -0.118. The smallest absolute Gasteiger partial charge is 0.229 e. The molecule has 8 nitrogen and oxygen atoms in total. The maximum atomic E-state index is 13.6. The highest BCUT2D eigenvalue weighted by molar-refractivity contribution is 5.87. The van der Waals surface area contributed by atoms with Crippen LogP contribution in [-0.4, -0.2) is 46.7 Å². The number of nitrogens with two attached hydrogens (primary N) is 2. The number of amides is 1. The first-order valence-corrected chi connectivity index (χ1v) is 11.3. The second-order valence-corrected chi connectivity index (χ2v) is 8.38. The maximum absolute atomic E-state index is 13.6. The second kappa shape index (κ2) is 10.6. The van der Waals surface area contributed by atoms with E-state index in [4.69, 9.17) is 16.5 Å². The Hall–Kier alpha value is -3.56. The van der Waals surface area contributed by atoms with Crippen LogP contribution in [0.15, 0.2) is 54.7 Å². The molecule has 34 heavy (non-hydrogen) atoms. The minimum Gasteiger partial charge on any atom is -0.391 e. The molecule has 0 radical (unpaired) electrons. The van der Waals surface area contributed by atoms with E-state index in [1.54, 1.807) is 24.4 Å².